The number of H-pyrrole nitrogens is 1. The number of ether oxygens (including phenoxy) is 1. The zero-order chi connectivity index (χ0) is 12.8. The van der Waals surface area contributed by atoms with Gasteiger partial charge in [0.25, 0.3) is 0 Å². The SMILES string of the molecule is COc1ncc(Cl)c(NCCCc2ncn[nH]2)n1. The topological polar surface area (TPSA) is 88.6 Å². The van der Waals surface area contributed by atoms with Crippen molar-refractivity contribution in [1.82, 2.24) is 25.1 Å². The number of methoxy groups -OCH3 is 1. The molecule has 0 amide bonds. The molecule has 2 aromatic rings. The van der Waals surface area contributed by atoms with Crippen LogP contribution in [0.1, 0.15) is 12.2 Å². The number of nitrogens with zero attached hydrogens (tertiary/aromatic N) is 4. The summed E-state index contributed by atoms with van der Waals surface area (Å²) < 4.78 is 4.93. The standard InChI is InChI=1S/C10H13ClN6O/c1-18-10-13-5-7(11)9(16-10)12-4-2-3-8-14-6-15-17-8/h5-6H,2-4H2,1H3,(H,12,13,16)(H,14,15,17). The van der Waals surface area contributed by atoms with E-state index in [2.05, 4.69) is 30.5 Å². The molecular weight excluding hydrogens is 256 g/mol. The van der Waals surface area contributed by atoms with E-state index in [9.17, 15) is 0 Å². The number of aromatic nitrogens is 5. The maximum atomic E-state index is 5.96. The first-order valence-electron chi connectivity index (χ1n) is 5.44. The summed E-state index contributed by atoms with van der Waals surface area (Å²) >= 11 is 5.96. The van der Waals surface area contributed by atoms with Crippen LogP contribution in [0.4, 0.5) is 5.82 Å². The maximum Gasteiger partial charge on any atom is 0.318 e. The average molecular weight is 269 g/mol. The van der Waals surface area contributed by atoms with Gasteiger partial charge < -0.3 is 10.1 Å². The van der Waals surface area contributed by atoms with Crippen molar-refractivity contribution in [2.45, 2.75) is 12.8 Å². The summed E-state index contributed by atoms with van der Waals surface area (Å²) in [7, 11) is 1.51. The molecule has 2 aromatic heterocycles. The second kappa shape index (κ2) is 6.15. The highest BCUT2D eigenvalue weighted by molar-refractivity contribution is 6.32. The second-order valence-electron chi connectivity index (χ2n) is 3.52. The summed E-state index contributed by atoms with van der Waals surface area (Å²) in [6.07, 6.45) is 4.70. The number of aryl methyl sites for hydroxylation is 1. The highest BCUT2D eigenvalue weighted by atomic mass is 35.5. The average Bonchev–Trinajstić information content (AvgIpc) is 2.89. The Labute approximate surface area is 109 Å². The number of hydrogen-bond acceptors (Lipinski definition) is 6. The fraction of sp³-hybridized carbons (Fsp3) is 0.400. The molecule has 0 spiro atoms. The third kappa shape index (κ3) is 3.30. The van der Waals surface area contributed by atoms with Crippen molar-refractivity contribution in [3.8, 4) is 6.01 Å². The minimum Gasteiger partial charge on any atom is -0.467 e. The number of hydrogen-bond donors (Lipinski definition) is 2. The summed E-state index contributed by atoms with van der Waals surface area (Å²) in [5.74, 6) is 1.43. The largest absolute Gasteiger partial charge is 0.467 e. The number of halogens is 1. The van der Waals surface area contributed by atoms with Gasteiger partial charge >= 0.3 is 6.01 Å². The van der Waals surface area contributed by atoms with Crippen molar-refractivity contribution in [2.24, 2.45) is 0 Å². The van der Waals surface area contributed by atoms with E-state index in [-0.39, 0.29) is 6.01 Å². The van der Waals surface area contributed by atoms with Gasteiger partial charge in [0.15, 0.2) is 5.82 Å². The lowest BCUT2D eigenvalue weighted by Crippen LogP contribution is -2.07. The van der Waals surface area contributed by atoms with Crippen LogP contribution >= 0.6 is 11.6 Å². The van der Waals surface area contributed by atoms with Gasteiger partial charge in [0.2, 0.25) is 0 Å². The smallest absolute Gasteiger partial charge is 0.318 e. The number of nitrogens with one attached hydrogen (secondary N) is 2. The van der Waals surface area contributed by atoms with Crippen molar-refractivity contribution < 1.29 is 4.74 Å². The molecule has 8 heteroatoms. The molecule has 0 aliphatic carbocycles. The highest BCUT2D eigenvalue weighted by Crippen LogP contribution is 2.19. The van der Waals surface area contributed by atoms with Crippen LogP contribution in [0.5, 0.6) is 6.01 Å². The number of aromatic amines is 1. The van der Waals surface area contributed by atoms with Crippen molar-refractivity contribution in [1.29, 1.82) is 0 Å². The Morgan fingerprint density at radius 3 is 3.06 bits per heavy atom. The van der Waals surface area contributed by atoms with Crippen molar-refractivity contribution in [3.05, 3.63) is 23.4 Å². The van der Waals surface area contributed by atoms with Gasteiger partial charge in [0.1, 0.15) is 17.2 Å². The molecule has 18 heavy (non-hydrogen) atoms. The lowest BCUT2D eigenvalue weighted by Gasteiger charge is -2.07. The Balaban J connectivity index is 1.82. The molecule has 0 atom stereocenters. The molecule has 2 N–H and O–H groups in total. The predicted octanol–water partition coefficient (Wildman–Crippen LogP) is 1.30. The number of anilines is 1. The minimum absolute atomic E-state index is 0.289. The zero-order valence-electron chi connectivity index (χ0n) is 9.85. The monoisotopic (exact) mass is 268 g/mol. The Morgan fingerprint density at radius 2 is 2.33 bits per heavy atom. The lowest BCUT2D eigenvalue weighted by atomic mass is 10.3. The summed E-state index contributed by atoms with van der Waals surface area (Å²) in [6.45, 7) is 0.723. The normalized spacial score (nSPS) is 10.3. The quantitative estimate of drug-likeness (QED) is 0.768. The number of rotatable bonds is 6. The van der Waals surface area contributed by atoms with Gasteiger partial charge in [-0.25, -0.2) is 9.97 Å². The van der Waals surface area contributed by atoms with E-state index in [0.717, 1.165) is 25.2 Å². The molecule has 96 valence electrons. The van der Waals surface area contributed by atoms with Gasteiger partial charge in [-0.15, -0.1) is 0 Å². The fourth-order valence-electron chi connectivity index (χ4n) is 1.39. The molecule has 0 saturated carbocycles. The van der Waals surface area contributed by atoms with E-state index in [1.807, 2.05) is 0 Å². The van der Waals surface area contributed by atoms with Gasteiger partial charge in [-0.3, -0.25) is 5.10 Å². The minimum atomic E-state index is 0.289. The van der Waals surface area contributed by atoms with E-state index < -0.39 is 0 Å². The Hall–Kier alpha value is -1.89. The Morgan fingerprint density at radius 1 is 1.44 bits per heavy atom. The summed E-state index contributed by atoms with van der Waals surface area (Å²) in [4.78, 5) is 12.1. The van der Waals surface area contributed by atoms with E-state index in [1.165, 1.54) is 19.6 Å². The molecule has 0 aromatic carbocycles. The Kier molecular flexibility index (Phi) is 4.30. The lowest BCUT2D eigenvalue weighted by molar-refractivity contribution is 0.380. The van der Waals surface area contributed by atoms with Crippen LogP contribution in [0, 0.1) is 0 Å². The molecule has 2 heterocycles. The van der Waals surface area contributed by atoms with Crippen LogP contribution in [-0.2, 0) is 6.42 Å². The van der Waals surface area contributed by atoms with Gasteiger partial charge in [0, 0.05) is 13.0 Å². The van der Waals surface area contributed by atoms with Crippen LogP contribution < -0.4 is 10.1 Å². The first-order chi connectivity index (χ1) is 8.79. The van der Waals surface area contributed by atoms with Crippen molar-refractivity contribution in [2.75, 3.05) is 19.0 Å². The molecule has 2 rings (SSSR count). The molecule has 0 aliphatic heterocycles. The van der Waals surface area contributed by atoms with E-state index in [4.69, 9.17) is 16.3 Å². The van der Waals surface area contributed by atoms with Gasteiger partial charge in [-0.05, 0) is 6.42 Å². The van der Waals surface area contributed by atoms with Crippen LogP contribution in [0.15, 0.2) is 12.5 Å². The third-order valence-corrected chi connectivity index (χ3v) is 2.53. The molecule has 7 nitrogen and oxygen atoms in total. The van der Waals surface area contributed by atoms with Crippen molar-refractivity contribution in [3.63, 3.8) is 0 Å². The van der Waals surface area contributed by atoms with Crippen LogP contribution in [0.2, 0.25) is 5.02 Å². The van der Waals surface area contributed by atoms with Crippen molar-refractivity contribution >= 4 is 17.4 Å². The van der Waals surface area contributed by atoms with Crippen LogP contribution in [0.3, 0.4) is 0 Å². The van der Waals surface area contributed by atoms with E-state index in [0.29, 0.717) is 10.8 Å². The molecule has 0 aliphatic rings. The predicted molar refractivity (Wildman–Crippen MR) is 66.8 cm³/mol. The first-order valence-corrected chi connectivity index (χ1v) is 5.82. The second-order valence-corrected chi connectivity index (χ2v) is 3.92. The summed E-state index contributed by atoms with van der Waals surface area (Å²) in [5, 5.41) is 10.2. The zero-order valence-corrected chi connectivity index (χ0v) is 10.6. The molecule has 0 radical (unpaired) electrons. The molecule has 0 bridgehead atoms. The summed E-state index contributed by atoms with van der Waals surface area (Å²) in [6, 6.07) is 0.289. The fourth-order valence-corrected chi connectivity index (χ4v) is 1.55. The van der Waals surface area contributed by atoms with Gasteiger partial charge in [-0.1, -0.05) is 11.6 Å². The summed E-state index contributed by atoms with van der Waals surface area (Å²) in [5.41, 5.74) is 0. The first kappa shape index (κ1) is 12.6. The Bertz CT molecular complexity index is 489. The highest BCUT2D eigenvalue weighted by Gasteiger charge is 2.05. The molecule has 0 unspecified atom stereocenters. The molecule has 0 fully saturated rings. The van der Waals surface area contributed by atoms with Gasteiger partial charge in [0.05, 0.1) is 13.3 Å². The maximum absolute atomic E-state index is 5.96. The van der Waals surface area contributed by atoms with Gasteiger partial charge in [-0.2, -0.15) is 10.1 Å². The van der Waals surface area contributed by atoms with Crippen LogP contribution in [-0.4, -0.2) is 38.8 Å². The van der Waals surface area contributed by atoms with Crippen LogP contribution in [0.25, 0.3) is 0 Å². The molecule has 0 saturated heterocycles. The molecular formula is C10H13ClN6O. The third-order valence-electron chi connectivity index (χ3n) is 2.25. The van der Waals surface area contributed by atoms with E-state index >= 15 is 0 Å². The van der Waals surface area contributed by atoms with E-state index in [1.54, 1.807) is 0 Å².